The number of hydrogen-bond acceptors (Lipinski definition) is 2. The molecule has 5 heteroatoms. The molecule has 0 aliphatic carbocycles. The zero-order chi connectivity index (χ0) is 18.8. The summed E-state index contributed by atoms with van der Waals surface area (Å²) in [4.78, 5) is 25.4. The van der Waals surface area contributed by atoms with Crippen LogP contribution < -0.4 is 5.32 Å². The van der Waals surface area contributed by atoms with Gasteiger partial charge in [-0.25, -0.2) is 4.39 Å². The van der Waals surface area contributed by atoms with Gasteiger partial charge in [-0.15, -0.1) is 0 Å². The molecule has 0 saturated heterocycles. The van der Waals surface area contributed by atoms with Gasteiger partial charge in [0.1, 0.15) is 5.82 Å². The van der Waals surface area contributed by atoms with Crippen LogP contribution in [-0.2, 0) is 22.4 Å². The molecule has 26 heavy (non-hydrogen) atoms. The minimum absolute atomic E-state index is 0.0292. The zero-order valence-corrected chi connectivity index (χ0v) is 15.1. The molecule has 0 unspecified atom stereocenters. The number of amides is 2. The molecule has 4 nitrogen and oxygen atoms in total. The molecule has 1 N–H and O–H groups in total. The lowest BCUT2D eigenvalue weighted by Gasteiger charge is -2.20. The largest absolute Gasteiger partial charge is 0.354 e. The molecule has 0 saturated carbocycles. The van der Waals surface area contributed by atoms with Crippen molar-refractivity contribution in [3.8, 4) is 0 Å². The SMILES string of the molecule is CC(=O)N(CCCc1ccccc1)CC(=O)NCCc1ccccc1F. The lowest BCUT2D eigenvalue weighted by atomic mass is 10.1. The number of rotatable bonds is 9. The Hall–Kier alpha value is -2.69. The fourth-order valence-corrected chi connectivity index (χ4v) is 2.73. The van der Waals surface area contributed by atoms with Crippen molar-refractivity contribution < 1.29 is 14.0 Å². The van der Waals surface area contributed by atoms with Gasteiger partial charge in [-0.05, 0) is 36.5 Å². The predicted molar refractivity (Wildman–Crippen MR) is 100 cm³/mol. The first-order valence-electron chi connectivity index (χ1n) is 8.86. The second-order valence-corrected chi connectivity index (χ2v) is 6.22. The molecule has 2 aromatic carbocycles. The molecule has 0 fully saturated rings. The molecule has 0 radical (unpaired) electrons. The quantitative estimate of drug-likeness (QED) is 0.751. The van der Waals surface area contributed by atoms with E-state index in [1.807, 2.05) is 30.3 Å². The fourth-order valence-electron chi connectivity index (χ4n) is 2.73. The highest BCUT2D eigenvalue weighted by Gasteiger charge is 2.13. The van der Waals surface area contributed by atoms with Crippen LogP contribution >= 0.6 is 0 Å². The number of carbonyl (C=O) groups excluding carboxylic acids is 2. The second kappa shape index (κ2) is 10.3. The number of benzene rings is 2. The van der Waals surface area contributed by atoms with Gasteiger partial charge in [0, 0.05) is 20.0 Å². The maximum absolute atomic E-state index is 13.5. The molecule has 2 amide bonds. The highest BCUT2D eigenvalue weighted by Crippen LogP contribution is 2.06. The summed E-state index contributed by atoms with van der Waals surface area (Å²) in [7, 11) is 0. The van der Waals surface area contributed by atoms with Gasteiger partial charge in [0.15, 0.2) is 0 Å². The van der Waals surface area contributed by atoms with E-state index in [4.69, 9.17) is 0 Å². The van der Waals surface area contributed by atoms with Gasteiger partial charge in [-0.2, -0.15) is 0 Å². The number of nitrogens with zero attached hydrogens (tertiary/aromatic N) is 1. The maximum Gasteiger partial charge on any atom is 0.239 e. The summed E-state index contributed by atoms with van der Waals surface area (Å²) in [6.45, 7) is 2.37. The van der Waals surface area contributed by atoms with Gasteiger partial charge < -0.3 is 10.2 Å². The lowest BCUT2D eigenvalue weighted by Crippen LogP contribution is -2.40. The molecule has 0 spiro atoms. The van der Waals surface area contributed by atoms with Crippen LogP contribution in [0.15, 0.2) is 54.6 Å². The van der Waals surface area contributed by atoms with Gasteiger partial charge in [0.2, 0.25) is 11.8 Å². The van der Waals surface area contributed by atoms with E-state index in [1.54, 1.807) is 23.1 Å². The van der Waals surface area contributed by atoms with E-state index in [1.165, 1.54) is 18.6 Å². The minimum atomic E-state index is -0.270. The number of nitrogens with one attached hydrogen (secondary N) is 1. The van der Waals surface area contributed by atoms with Crippen LogP contribution in [0, 0.1) is 5.82 Å². The van der Waals surface area contributed by atoms with Gasteiger partial charge in [-0.3, -0.25) is 9.59 Å². The maximum atomic E-state index is 13.5. The summed E-state index contributed by atoms with van der Waals surface area (Å²) in [6.07, 6.45) is 2.08. The molecule has 0 atom stereocenters. The molecular weight excluding hydrogens is 331 g/mol. The molecule has 0 aliphatic rings. The van der Waals surface area contributed by atoms with Crippen molar-refractivity contribution in [3.05, 3.63) is 71.5 Å². The summed E-state index contributed by atoms with van der Waals surface area (Å²) in [5.41, 5.74) is 1.78. The smallest absolute Gasteiger partial charge is 0.239 e. The Kier molecular flexibility index (Phi) is 7.80. The molecular formula is C21H25FN2O2. The third-order valence-electron chi connectivity index (χ3n) is 4.19. The first-order chi connectivity index (χ1) is 12.6. The number of aryl methyl sites for hydroxylation is 1. The Morgan fingerprint density at radius 2 is 1.69 bits per heavy atom. The van der Waals surface area contributed by atoms with E-state index < -0.39 is 0 Å². The van der Waals surface area contributed by atoms with Crippen molar-refractivity contribution in [2.24, 2.45) is 0 Å². The molecule has 2 rings (SSSR count). The lowest BCUT2D eigenvalue weighted by molar-refractivity contribution is -0.134. The average molecular weight is 356 g/mol. The van der Waals surface area contributed by atoms with Crippen molar-refractivity contribution in [2.45, 2.75) is 26.2 Å². The third-order valence-corrected chi connectivity index (χ3v) is 4.19. The van der Waals surface area contributed by atoms with Crippen LogP contribution in [0.25, 0.3) is 0 Å². The molecule has 2 aromatic rings. The topological polar surface area (TPSA) is 49.4 Å². The number of halogens is 1. The highest BCUT2D eigenvalue weighted by molar-refractivity contribution is 5.83. The van der Waals surface area contributed by atoms with Crippen LogP contribution in [-0.4, -0.2) is 36.3 Å². The van der Waals surface area contributed by atoms with E-state index in [-0.39, 0.29) is 24.2 Å². The summed E-state index contributed by atoms with van der Waals surface area (Å²) in [5, 5.41) is 2.75. The summed E-state index contributed by atoms with van der Waals surface area (Å²) >= 11 is 0. The summed E-state index contributed by atoms with van der Waals surface area (Å²) < 4.78 is 13.5. The first-order valence-corrected chi connectivity index (χ1v) is 8.86. The first kappa shape index (κ1) is 19.6. The molecule has 0 heterocycles. The zero-order valence-electron chi connectivity index (χ0n) is 15.1. The van der Waals surface area contributed by atoms with E-state index in [9.17, 15) is 14.0 Å². The third kappa shape index (κ3) is 6.67. The second-order valence-electron chi connectivity index (χ2n) is 6.22. The van der Waals surface area contributed by atoms with Crippen molar-refractivity contribution in [3.63, 3.8) is 0 Å². The predicted octanol–water partition coefficient (Wildman–Crippen LogP) is 2.97. The van der Waals surface area contributed by atoms with E-state index in [2.05, 4.69) is 5.32 Å². The highest BCUT2D eigenvalue weighted by atomic mass is 19.1. The number of hydrogen-bond donors (Lipinski definition) is 1. The molecule has 0 aromatic heterocycles. The molecule has 138 valence electrons. The van der Waals surface area contributed by atoms with Crippen LogP contribution in [0.3, 0.4) is 0 Å². The van der Waals surface area contributed by atoms with Crippen molar-refractivity contribution >= 4 is 11.8 Å². The van der Waals surface area contributed by atoms with Crippen LogP contribution in [0.4, 0.5) is 4.39 Å². The average Bonchev–Trinajstić information content (AvgIpc) is 2.63. The van der Waals surface area contributed by atoms with Gasteiger partial charge in [0.25, 0.3) is 0 Å². The Bertz CT molecular complexity index is 719. The van der Waals surface area contributed by atoms with Crippen molar-refractivity contribution in [1.82, 2.24) is 10.2 Å². The minimum Gasteiger partial charge on any atom is -0.354 e. The van der Waals surface area contributed by atoms with Gasteiger partial charge >= 0.3 is 0 Å². The van der Waals surface area contributed by atoms with Gasteiger partial charge in [-0.1, -0.05) is 48.5 Å². The Morgan fingerprint density at radius 3 is 2.38 bits per heavy atom. The van der Waals surface area contributed by atoms with Crippen LogP contribution in [0.2, 0.25) is 0 Å². The summed E-state index contributed by atoms with van der Waals surface area (Å²) in [5.74, 6) is -0.619. The number of carbonyl (C=O) groups is 2. The van der Waals surface area contributed by atoms with E-state index >= 15 is 0 Å². The normalized spacial score (nSPS) is 10.4. The fraction of sp³-hybridized carbons (Fsp3) is 0.333. The van der Waals surface area contributed by atoms with E-state index in [0.717, 1.165) is 12.8 Å². The van der Waals surface area contributed by atoms with E-state index in [0.29, 0.717) is 25.1 Å². The van der Waals surface area contributed by atoms with Crippen molar-refractivity contribution in [2.75, 3.05) is 19.6 Å². The van der Waals surface area contributed by atoms with Crippen LogP contribution in [0.1, 0.15) is 24.5 Å². The summed E-state index contributed by atoms with van der Waals surface area (Å²) in [6, 6.07) is 16.6. The Balaban J connectivity index is 1.73. The molecule has 0 aliphatic heterocycles. The Morgan fingerprint density at radius 1 is 1.00 bits per heavy atom. The standard InChI is InChI=1S/C21H25FN2O2/c1-17(25)24(15-7-10-18-8-3-2-4-9-18)16-21(26)23-14-13-19-11-5-6-12-20(19)22/h2-6,8-9,11-12H,7,10,13-16H2,1H3,(H,23,26). The van der Waals surface area contributed by atoms with Gasteiger partial charge in [0.05, 0.1) is 6.54 Å². The van der Waals surface area contributed by atoms with Crippen molar-refractivity contribution in [1.29, 1.82) is 0 Å². The Labute approximate surface area is 154 Å². The monoisotopic (exact) mass is 356 g/mol. The molecule has 0 bridgehead atoms. The van der Waals surface area contributed by atoms with Crippen LogP contribution in [0.5, 0.6) is 0 Å².